The standard InChI is InChI=1S/C11H15ClN2OS/c1-8-9(12)4-3-5-10(8)13-11(16)14(2)6-7-15/h3-5,15H,6-7H2,1-2H3,(H,13,16). The predicted molar refractivity (Wildman–Crippen MR) is 72.1 cm³/mol. The topological polar surface area (TPSA) is 35.5 Å². The molecule has 3 nitrogen and oxygen atoms in total. The lowest BCUT2D eigenvalue weighted by molar-refractivity contribution is 0.265. The summed E-state index contributed by atoms with van der Waals surface area (Å²) in [7, 11) is 1.82. The number of hydrogen-bond donors (Lipinski definition) is 2. The van der Waals surface area contributed by atoms with E-state index in [9.17, 15) is 0 Å². The van der Waals surface area contributed by atoms with Crippen LogP contribution in [-0.4, -0.2) is 35.3 Å². The fraction of sp³-hybridized carbons (Fsp3) is 0.364. The van der Waals surface area contributed by atoms with Crippen molar-refractivity contribution >= 4 is 34.6 Å². The molecule has 1 rings (SSSR count). The number of nitrogens with zero attached hydrogens (tertiary/aromatic N) is 1. The molecule has 16 heavy (non-hydrogen) atoms. The normalized spacial score (nSPS) is 10.0. The second kappa shape index (κ2) is 6.03. The summed E-state index contributed by atoms with van der Waals surface area (Å²) in [5, 5.41) is 13.2. The number of hydrogen-bond acceptors (Lipinski definition) is 2. The first-order chi connectivity index (χ1) is 7.56. The summed E-state index contributed by atoms with van der Waals surface area (Å²) < 4.78 is 0. The maximum atomic E-state index is 8.80. The molecule has 0 amide bonds. The Hall–Kier alpha value is -0.840. The molecule has 0 fully saturated rings. The number of likely N-dealkylation sites (N-methyl/N-ethyl adjacent to an activating group) is 1. The van der Waals surface area contributed by atoms with Gasteiger partial charge >= 0.3 is 0 Å². The number of nitrogens with one attached hydrogen (secondary N) is 1. The molecule has 1 aromatic carbocycles. The first-order valence-corrected chi connectivity index (χ1v) is 5.73. The van der Waals surface area contributed by atoms with Gasteiger partial charge in [0.15, 0.2) is 5.11 Å². The van der Waals surface area contributed by atoms with Crippen LogP contribution in [0.3, 0.4) is 0 Å². The third-order valence-corrected chi connectivity index (χ3v) is 3.11. The van der Waals surface area contributed by atoms with E-state index in [4.69, 9.17) is 28.9 Å². The first-order valence-electron chi connectivity index (χ1n) is 4.94. The Bertz CT molecular complexity index is 384. The molecule has 1 aromatic rings. The molecule has 0 aromatic heterocycles. The molecule has 88 valence electrons. The summed E-state index contributed by atoms with van der Waals surface area (Å²) in [6.45, 7) is 2.51. The second-order valence-corrected chi connectivity index (χ2v) is 4.28. The molecule has 0 aliphatic carbocycles. The van der Waals surface area contributed by atoms with Crippen molar-refractivity contribution in [1.82, 2.24) is 4.90 Å². The summed E-state index contributed by atoms with van der Waals surface area (Å²) in [6.07, 6.45) is 0. The third-order valence-electron chi connectivity index (χ3n) is 2.29. The van der Waals surface area contributed by atoms with Crippen LogP contribution in [-0.2, 0) is 0 Å². The van der Waals surface area contributed by atoms with Crippen molar-refractivity contribution in [2.24, 2.45) is 0 Å². The fourth-order valence-corrected chi connectivity index (χ4v) is 1.58. The number of anilines is 1. The van der Waals surface area contributed by atoms with Gasteiger partial charge in [0.1, 0.15) is 0 Å². The number of benzene rings is 1. The van der Waals surface area contributed by atoms with Crippen molar-refractivity contribution < 1.29 is 5.11 Å². The molecule has 0 aliphatic rings. The molecule has 0 radical (unpaired) electrons. The van der Waals surface area contributed by atoms with Crippen LogP contribution in [0.1, 0.15) is 5.56 Å². The zero-order valence-corrected chi connectivity index (χ0v) is 10.9. The largest absolute Gasteiger partial charge is 0.395 e. The molecular weight excluding hydrogens is 244 g/mol. The third kappa shape index (κ3) is 3.33. The van der Waals surface area contributed by atoms with Gasteiger partial charge in [-0.2, -0.15) is 0 Å². The highest BCUT2D eigenvalue weighted by molar-refractivity contribution is 7.80. The highest BCUT2D eigenvalue weighted by Crippen LogP contribution is 2.23. The molecule has 0 saturated heterocycles. The van der Waals surface area contributed by atoms with Crippen molar-refractivity contribution in [2.45, 2.75) is 6.92 Å². The number of rotatable bonds is 3. The van der Waals surface area contributed by atoms with Crippen LogP contribution < -0.4 is 5.32 Å². The van der Waals surface area contributed by atoms with Crippen LogP contribution in [0.5, 0.6) is 0 Å². The van der Waals surface area contributed by atoms with E-state index >= 15 is 0 Å². The summed E-state index contributed by atoms with van der Waals surface area (Å²) in [5.74, 6) is 0. The zero-order valence-electron chi connectivity index (χ0n) is 9.33. The van der Waals surface area contributed by atoms with Gasteiger partial charge in [0.05, 0.1) is 6.61 Å². The van der Waals surface area contributed by atoms with Gasteiger partial charge in [-0.25, -0.2) is 0 Å². The van der Waals surface area contributed by atoms with Gasteiger partial charge in [-0.3, -0.25) is 0 Å². The van der Waals surface area contributed by atoms with Crippen LogP contribution in [0.15, 0.2) is 18.2 Å². The van der Waals surface area contributed by atoms with E-state index in [0.29, 0.717) is 16.7 Å². The Labute approximate surface area is 106 Å². The van der Waals surface area contributed by atoms with Crippen molar-refractivity contribution in [1.29, 1.82) is 0 Å². The molecule has 0 aliphatic heterocycles. The quantitative estimate of drug-likeness (QED) is 0.816. The average Bonchev–Trinajstić information content (AvgIpc) is 2.25. The Morgan fingerprint density at radius 2 is 2.25 bits per heavy atom. The van der Waals surface area contributed by atoms with E-state index in [1.165, 1.54) is 0 Å². The van der Waals surface area contributed by atoms with Gasteiger partial charge in [0.2, 0.25) is 0 Å². The van der Waals surface area contributed by atoms with Crippen molar-refractivity contribution in [3.05, 3.63) is 28.8 Å². The van der Waals surface area contributed by atoms with Gasteiger partial charge < -0.3 is 15.3 Å². The van der Waals surface area contributed by atoms with Crippen molar-refractivity contribution in [3.8, 4) is 0 Å². The lowest BCUT2D eigenvalue weighted by Crippen LogP contribution is -2.33. The summed E-state index contributed by atoms with van der Waals surface area (Å²) in [4.78, 5) is 1.77. The molecule has 0 bridgehead atoms. The minimum atomic E-state index is 0.0762. The smallest absolute Gasteiger partial charge is 0.173 e. The van der Waals surface area contributed by atoms with Crippen molar-refractivity contribution in [3.63, 3.8) is 0 Å². The molecule has 2 N–H and O–H groups in total. The van der Waals surface area contributed by atoms with E-state index in [2.05, 4.69) is 5.32 Å². The second-order valence-electron chi connectivity index (χ2n) is 3.49. The van der Waals surface area contributed by atoms with Gasteiger partial charge in [0.25, 0.3) is 0 Å². The molecule has 5 heteroatoms. The van der Waals surface area contributed by atoms with E-state index in [1.54, 1.807) is 4.90 Å². The first kappa shape index (κ1) is 13.2. The molecule has 0 spiro atoms. The number of thiocarbonyl (C=S) groups is 1. The van der Waals surface area contributed by atoms with Crippen LogP contribution >= 0.6 is 23.8 Å². The fourth-order valence-electron chi connectivity index (χ4n) is 1.21. The Kier molecular flexibility index (Phi) is 4.99. The van der Waals surface area contributed by atoms with Gasteiger partial charge in [-0.05, 0) is 36.8 Å². The van der Waals surface area contributed by atoms with E-state index in [-0.39, 0.29) is 6.61 Å². The molecular formula is C11H15ClN2OS. The van der Waals surface area contributed by atoms with Crippen LogP contribution in [0, 0.1) is 6.92 Å². The van der Waals surface area contributed by atoms with E-state index in [0.717, 1.165) is 11.3 Å². The SMILES string of the molecule is Cc1c(Cl)cccc1NC(=S)N(C)CCO. The summed E-state index contributed by atoms with van der Waals surface area (Å²) >= 11 is 11.2. The summed E-state index contributed by atoms with van der Waals surface area (Å²) in [6, 6.07) is 5.62. The van der Waals surface area contributed by atoms with Crippen molar-refractivity contribution in [2.75, 3.05) is 25.5 Å². The molecule has 0 unspecified atom stereocenters. The summed E-state index contributed by atoms with van der Waals surface area (Å²) in [5.41, 5.74) is 1.85. The monoisotopic (exact) mass is 258 g/mol. The average molecular weight is 259 g/mol. The van der Waals surface area contributed by atoms with Crippen LogP contribution in [0.25, 0.3) is 0 Å². The maximum Gasteiger partial charge on any atom is 0.173 e. The zero-order chi connectivity index (χ0) is 12.1. The van der Waals surface area contributed by atoms with Gasteiger partial charge in [0, 0.05) is 24.3 Å². The Morgan fingerprint density at radius 3 is 2.88 bits per heavy atom. The minimum absolute atomic E-state index is 0.0762. The molecule has 0 atom stereocenters. The number of halogens is 1. The van der Waals surface area contributed by atoms with Crippen LogP contribution in [0.4, 0.5) is 5.69 Å². The number of aliphatic hydroxyl groups excluding tert-OH is 1. The van der Waals surface area contributed by atoms with E-state index < -0.39 is 0 Å². The highest BCUT2D eigenvalue weighted by atomic mass is 35.5. The predicted octanol–water partition coefficient (Wildman–Crippen LogP) is 2.27. The molecule has 0 saturated carbocycles. The lowest BCUT2D eigenvalue weighted by Gasteiger charge is -2.20. The lowest BCUT2D eigenvalue weighted by atomic mass is 10.2. The Balaban J connectivity index is 2.73. The van der Waals surface area contributed by atoms with Gasteiger partial charge in [-0.1, -0.05) is 17.7 Å². The Morgan fingerprint density at radius 1 is 1.56 bits per heavy atom. The van der Waals surface area contributed by atoms with Crippen LogP contribution in [0.2, 0.25) is 5.02 Å². The molecule has 0 heterocycles. The highest BCUT2D eigenvalue weighted by Gasteiger charge is 2.06. The minimum Gasteiger partial charge on any atom is -0.395 e. The number of aliphatic hydroxyl groups is 1. The van der Waals surface area contributed by atoms with E-state index in [1.807, 2.05) is 32.2 Å². The maximum absolute atomic E-state index is 8.80. The van der Waals surface area contributed by atoms with Gasteiger partial charge in [-0.15, -0.1) is 0 Å².